The highest BCUT2D eigenvalue weighted by Gasteiger charge is 2.77. The number of ether oxygens (including phenoxy) is 1. The molecular formula is C25H23F5O5S2. The van der Waals surface area contributed by atoms with E-state index in [0.717, 1.165) is 24.3 Å². The van der Waals surface area contributed by atoms with Crippen molar-refractivity contribution >= 4 is 23.7 Å². The van der Waals surface area contributed by atoms with Gasteiger partial charge in [0.05, 0.1) is 0 Å². The van der Waals surface area contributed by atoms with E-state index in [0.29, 0.717) is 5.56 Å². The van der Waals surface area contributed by atoms with Gasteiger partial charge in [-0.25, -0.2) is 9.00 Å². The molecule has 0 radical (unpaired) electrons. The number of hydrogen-bond donors (Lipinski definition) is 2. The Morgan fingerprint density at radius 1 is 0.865 bits per heavy atom. The molecule has 0 saturated carbocycles. The summed E-state index contributed by atoms with van der Waals surface area (Å²) < 4.78 is 115. The quantitative estimate of drug-likeness (QED) is 0.131. The SMILES string of the molecule is C=CC(=O)OC(C(F)(F)F)C(F)(F)S(=O)(O)(O)S(c1ccccc1)(c1ccccc1)c1ccc(C)cc1. The molecule has 3 aromatic rings. The summed E-state index contributed by atoms with van der Waals surface area (Å²) in [5.41, 5.74) is 0.609. The summed E-state index contributed by atoms with van der Waals surface area (Å²) in [5, 5.41) is -5.96. The first-order valence-electron chi connectivity index (χ1n) is 10.5. The Morgan fingerprint density at radius 3 is 1.65 bits per heavy atom. The van der Waals surface area contributed by atoms with E-state index in [2.05, 4.69) is 11.3 Å². The second-order valence-corrected chi connectivity index (χ2v) is 15.9. The van der Waals surface area contributed by atoms with Gasteiger partial charge in [0.1, 0.15) is 0 Å². The van der Waals surface area contributed by atoms with Gasteiger partial charge in [0.2, 0.25) is 0 Å². The minimum Gasteiger partial charge on any atom is -0.442 e. The molecule has 0 aliphatic rings. The smallest absolute Gasteiger partial charge is 0.432 e. The third kappa shape index (κ3) is 4.58. The molecule has 1 atom stereocenters. The standard InChI is InChI=1S/C25H23F5O5S2/c1-3-22(31)35-23(24(26,27)28)25(29,30)37(32,33,34)36(19-10-6-4-7-11-19,20-12-8-5-9-13-20)21-16-14-18(2)15-17-21/h3-17,23H,1H2,2H3,(H2,32,33,34). The number of carbonyl (C=O) groups excluding carboxylic acids is 1. The molecule has 0 spiro atoms. The first-order chi connectivity index (χ1) is 17.1. The molecule has 0 heterocycles. The van der Waals surface area contributed by atoms with E-state index >= 15 is 8.78 Å². The highest BCUT2D eigenvalue weighted by molar-refractivity contribution is 8.97. The molecule has 2 N–H and O–H groups in total. The van der Waals surface area contributed by atoms with Gasteiger partial charge in [-0.15, -0.1) is 0 Å². The van der Waals surface area contributed by atoms with E-state index in [1.807, 2.05) is 0 Å². The van der Waals surface area contributed by atoms with Gasteiger partial charge in [0.15, 0.2) is 8.66 Å². The Hall–Kier alpha value is -3.06. The lowest BCUT2D eigenvalue weighted by atomic mass is 10.2. The summed E-state index contributed by atoms with van der Waals surface area (Å²) in [4.78, 5) is 10.6. The zero-order valence-electron chi connectivity index (χ0n) is 19.3. The van der Waals surface area contributed by atoms with Crippen molar-refractivity contribution in [1.29, 1.82) is 0 Å². The van der Waals surface area contributed by atoms with E-state index in [9.17, 15) is 31.3 Å². The topological polar surface area (TPSA) is 83.8 Å². The Morgan fingerprint density at radius 2 is 1.27 bits per heavy atom. The Bertz CT molecular complexity index is 1300. The van der Waals surface area contributed by atoms with Crippen molar-refractivity contribution in [3.8, 4) is 0 Å². The predicted octanol–water partition coefficient (Wildman–Crippen LogP) is 7.21. The van der Waals surface area contributed by atoms with Crippen LogP contribution in [0.3, 0.4) is 0 Å². The van der Waals surface area contributed by atoms with E-state index < -0.39 is 41.2 Å². The van der Waals surface area contributed by atoms with Crippen LogP contribution in [0.1, 0.15) is 5.56 Å². The van der Waals surface area contributed by atoms with Crippen molar-refractivity contribution in [2.75, 3.05) is 0 Å². The molecule has 0 amide bonds. The van der Waals surface area contributed by atoms with Gasteiger partial charge < -0.3 is 4.74 Å². The molecule has 200 valence electrons. The zero-order valence-corrected chi connectivity index (χ0v) is 20.9. The first kappa shape index (κ1) is 28.5. The summed E-state index contributed by atoms with van der Waals surface area (Å²) in [6.45, 7) is 4.52. The lowest BCUT2D eigenvalue weighted by Gasteiger charge is -2.57. The van der Waals surface area contributed by atoms with E-state index in [1.54, 1.807) is 6.92 Å². The van der Waals surface area contributed by atoms with Gasteiger partial charge in [0.25, 0.3) is 6.10 Å². The van der Waals surface area contributed by atoms with Gasteiger partial charge in [-0.05, 0) is 43.3 Å². The third-order valence-corrected chi connectivity index (χ3v) is 15.4. The van der Waals surface area contributed by atoms with Crippen molar-refractivity contribution < 1.29 is 44.8 Å². The van der Waals surface area contributed by atoms with Crippen molar-refractivity contribution in [2.45, 2.75) is 39.1 Å². The van der Waals surface area contributed by atoms with E-state index in [-0.39, 0.29) is 20.8 Å². The molecule has 0 aromatic heterocycles. The number of carbonyl (C=O) groups is 1. The molecule has 0 saturated heterocycles. The normalized spacial score (nSPS) is 15.2. The molecule has 0 fully saturated rings. The second-order valence-electron chi connectivity index (χ2n) is 7.92. The molecule has 1 unspecified atom stereocenters. The number of benzene rings is 3. The van der Waals surface area contributed by atoms with Crippen LogP contribution in [0.2, 0.25) is 0 Å². The van der Waals surface area contributed by atoms with Crippen LogP contribution in [-0.4, -0.2) is 36.8 Å². The molecule has 0 aliphatic heterocycles. The minimum absolute atomic E-state index is 0.190. The number of aryl methyl sites for hydroxylation is 1. The maximum Gasteiger partial charge on any atom is 0.432 e. The Balaban J connectivity index is 2.56. The van der Waals surface area contributed by atoms with Crippen LogP contribution >= 0.6 is 9.06 Å². The van der Waals surface area contributed by atoms with Gasteiger partial charge in [-0.2, -0.15) is 22.0 Å². The monoisotopic (exact) mass is 562 g/mol. The summed E-state index contributed by atoms with van der Waals surface area (Å²) >= 11 is 0. The average molecular weight is 563 g/mol. The molecule has 12 heteroatoms. The molecule has 3 rings (SSSR count). The summed E-state index contributed by atoms with van der Waals surface area (Å²) in [7, 11) is -12.4. The average Bonchev–Trinajstić information content (AvgIpc) is 2.83. The Kier molecular flexibility index (Phi) is 7.45. The largest absolute Gasteiger partial charge is 0.442 e. The molecular weight excluding hydrogens is 539 g/mol. The van der Waals surface area contributed by atoms with Gasteiger partial charge in [0, 0.05) is 20.8 Å². The summed E-state index contributed by atoms with van der Waals surface area (Å²) in [6, 6.07) is 18.1. The predicted molar refractivity (Wildman–Crippen MR) is 131 cm³/mol. The zero-order chi connectivity index (χ0) is 27.7. The van der Waals surface area contributed by atoms with E-state index in [4.69, 9.17) is 0 Å². The number of rotatable bonds is 8. The molecule has 0 aliphatic carbocycles. The van der Waals surface area contributed by atoms with Crippen LogP contribution in [0, 0.1) is 6.92 Å². The van der Waals surface area contributed by atoms with Gasteiger partial charge in [-0.1, -0.05) is 69.7 Å². The number of hydrogen-bond acceptors (Lipinski definition) is 3. The first-order valence-corrected chi connectivity index (χ1v) is 14.6. The van der Waals surface area contributed by atoms with Gasteiger partial charge >= 0.3 is 17.4 Å². The molecule has 37 heavy (non-hydrogen) atoms. The summed E-state index contributed by atoms with van der Waals surface area (Å²) in [6.07, 6.45) is -10.3. The van der Waals surface area contributed by atoms with Crippen molar-refractivity contribution in [2.24, 2.45) is 0 Å². The third-order valence-electron chi connectivity index (χ3n) is 5.42. The lowest BCUT2D eigenvalue weighted by Crippen LogP contribution is -2.63. The maximum absolute atomic E-state index is 16.1. The minimum atomic E-state index is -7.91. The fourth-order valence-corrected chi connectivity index (χ4v) is 13.4. The number of alkyl halides is 5. The van der Waals surface area contributed by atoms with Gasteiger partial charge in [-0.3, -0.25) is 9.11 Å². The highest BCUT2D eigenvalue weighted by Crippen LogP contribution is 2.83. The van der Waals surface area contributed by atoms with Crippen molar-refractivity contribution in [3.63, 3.8) is 0 Å². The number of halogens is 5. The maximum atomic E-state index is 16.1. The van der Waals surface area contributed by atoms with Crippen molar-refractivity contribution in [1.82, 2.24) is 0 Å². The van der Waals surface area contributed by atoms with Crippen LogP contribution < -0.4 is 0 Å². The van der Waals surface area contributed by atoms with Crippen LogP contribution in [-0.2, 0) is 18.2 Å². The van der Waals surface area contributed by atoms with E-state index in [1.165, 1.54) is 60.7 Å². The second kappa shape index (κ2) is 9.67. The van der Waals surface area contributed by atoms with Crippen LogP contribution in [0.4, 0.5) is 22.0 Å². The fourth-order valence-electron chi connectivity index (χ4n) is 3.72. The molecule has 0 bridgehead atoms. The Labute approximate surface area is 210 Å². The molecule has 5 nitrogen and oxygen atoms in total. The number of esters is 1. The van der Waals surface area contributed by atoms with Crippen LogP contribution in [0.5, 0.6) is 0 Å². The highest BCUT2D eigenvalue weighted by atomic mass is 33.2. The molecule has 3 aromatic carbocycles. The van der Waals surface area contributed by atoms with Crippen molar-refractivity contribution in [3.05, 3.63) is 103 Å². The summed E-state index contributed by atoms with van der Waals surface area (Å²) in [5.74, 6) is -1.93. The fraction of sp³-hybridized carbons (Fsp3) is 0.160. The van der Waals surface area contributed by atoms with Crippen LogP contribution in [0.15, 0.2) is 112 Å². The van der Waals surface area contributed by atoms with Crippen LogP contribution in [0.25, 0.3) is 0 Å². The lowest BCUT2D eigenvalue weighted by molar-refractivity contribution is -0.258.